The van der Waals surface area contributed by atoms with Crippen LogP contribution in [0.1, 0.15) is 6.42 Å². The van der Waals surface area contributed by atoms with Crippen molar-refractivity contribution in [3.63, 3.8) is 0 Å². The molecule has 2 aromatic carbocycles. The second-order valence-corrected chi connectivity index (χ2v) is 8.23. The van der Waals surface area contributed by atoms with Crippen LogP contribution in [0.25, 0.3) is 0 Å². The zero-order chi connectivity index (χ0) is 14.7. The molecule has 1 unspecified atom stereocenters. The van der Waals surface area contributed by atoms with Gasteiger partial charge >= 0.3 is 0 Å². The van der Waals surface area contributed by atoms with E-state index in [9.17, 15) is 4.57 Å². The maximum Gasteiger partial charge on any atom is 0.166 e. The molecule has 2 nitrogen and oxygen atoms in total. The summed E-state index contributed by atoms with van der Waals surface area (Å²) in [7, 11) is -2.86. The Morgan fingerprint density at radius 3 is 1.95 bits per heavy atom. The summed E-state index contributed by atoms with van der Waals surface area (Å²) in [5.74, 6) is -0.334. The Labute approximate surface area is 129 Å². The smallest absolute Gasteiger partial charge is 0.166 e. The predicted octanol–water partition coefficient (Wildman–Crippen LogP) is 3.92. The zero-order valence-electron chi connectivity index (χ0n) is 11.4. The molecule has 1 aliphatic rings. The Morgan fingerprint density at radius 2 is 1.48 bits per heavy atom. The van der Waals surface area contributed by atoms with Crippen molar-refractivity contribution in [2.24, 2.45) is 4.99 Å². The molecular formula is C17H15ClNOP. The van der Waals surface area contributed by atoms with Crippen LogP contribution in [-0.4, -0.2) is 11.0 Å². The van der Waals surface area contributed by atoms with Gasteiger partial charge in [0.2, 0.25) is 0 Å². The molecule has 4 heteroatoms. The van der Waals surface area contributed by atoms with Gasteiger partial charge in [0.15, 0.2) is 7.14 Å². The van der Waals surface area contributed by atoms with E-state index in [0.717, 1.165) is 10.6 Å². The summed E-state index contributed by atoms with van der Waals surface area (Å²) < 4.78 is 13.9. The topological polar surface area (TPSA) is 29.4 Å². The van der Waals surface area contributed by atoms with E-state index in [1.807, 2.05) is 66.7 Å². The molecule has 0 bridgehead atoms. The van der Waals surface area contributed by atoms with Gasteiger partial charge in [0.1, 0.15) is 11.0 Å². The normalized spacial score (nSPS) is 18.3. The number of dihydropyridines is 1. The van der Waals surface area contributed by atoms with Gasteiger partial charge in [0.05, 0.1) is 0 Å². The lowest BCUT2D eigenvalue weighted by Gasteiger charge is -2.26. The molecule has 0 radical (unpaired) electrons. The number of rotatable bonds is 3. The summed E-state index contributed by atoms with van der Waals surface area (Å²) in [6.07, 6.45) is 4.34. The fraction of sp³-hybridized carbons (Fsp3) is 0.118. The lowest BCUT2D eigenvalue weighted by atomic mass is 10.3. The van der Waals surface area contributed by atoms with Crippen LogP contribution in [0.3, 0.4) is 0 Å². The highest BCUT2D eigenvalue weighted by Gasteiger charge is 2.36. The number of hydrogen-bond acceptors (Lipinski definition) is 2. The maximum absolute atomic E-state index is 13.9. The van der Waals surface area contributed by atoms with Crippen molar-refractivity contribution in [1.29, 1.82) is 0 Å². The standard InChI is InChI=1S/C17H15ClNOP/c18-16-12-7-13-17(19-16)21(20,14-8-3-1-4-9-14)15-10-5-2-6-11-15/h1-12,17H,13H2. The van der Waals surface area contributed by atoms with Gasteiger partial charge in [-0.15, -0.1) is 0 Å². The fourth-order valence-corrected chi connectivity index (χ4v) is 5.74. The minimum Gasteiger partial charge on any atom is -0.311 e. The van der Waals surface area contributed by atoms with Crippen molar-refractivity contribution in [3.05, 3.63) is 72.8 Å². The van der Waals surface area contributed by atoms with E-state index in [4.69, 9.17) is 11.6 Å². The summed E-state index contributed by atoms with van der Waals surface area (Å²) in [5, 5.41) is 2.06. The van der Waals surface area contributed by atoms with Crippen molar-refractivity contribution in [1.82, 2.24) is 0 Å². The van der Waals surface area contributed by atoms with Crippen LogP contribution in [0.5, 0.6) is 0 Å². The summed E-state index contributed by atoms with van der Waals surface area (Å²) in [6, 6.07) is 19.1. The zero-order valence-corrected chi connectivity index (χ0v) is 13.0. The quantitative estimate of drug-likeness (QED) is 0.789. The first-order valence-corrected chi connectivity index (χ1v) is 8.97. The van der Waals surface area contributed by atoms with Crippen molar-refractivity contribution in [2.45, 2.75) is 12.2 Å². The molecule has 0 aliphatic carbocycles. The van der Waals surface area contributed by atoms with Gasteiger partial charge in [-0.3, -0.25) is 4.99 Å². The Balaban J connectivity index is 2.17. The SMILES string of the molecule is O=P(c1ccccc1)(c1ccccc1)C1CC=CC(Cl)=N1. The Morgan fingerprint density at radius 1 is 0.952 bits per heavy atom. The minimum absolute atomic E-state index is 0.334. The number of benzene rings is 2. The summed E-state index contributed by atoms with van der Waals surface area (Å²) in [4.78, 5) is 4.44. The molecule has 1 heterocycles. The number of hydrogen-bond donors (Lipinski definition) is 0. The molecule has 106 valence electrons. The van der Waals surface area contributed by atoms with E-state index in [-0.39, 0.29) is 5.78 Å². The minimum atomic E-state index is -2.86. The highest BCUT2D eigenvalue weighted by molar-refractivity contribution is 7.79. The summed E-state index contributed by atoms with van der Waals surface area (Å²) >= 11 is 6.03. The molecule has 0 saturated heterocycles. The first-order chi connectivity index (χ1) is 10.2. The third kappa shape index (κ3) is 2.74. The van der Waals surface area contributed by atoms with Crippen molar-refractivity contribution in [3.8, 4) is 0 Å². The van der Waals surface area contributed by atoms with Gasteiger partial charge in [-0.25, -0.2) is 0 Å². The molecule has 0 spiro atoms. The van der Waals surface area contributed by atoms with Gasteiger partial charge in [-0.2, -0.15) is 0 Å². The van der Waals surface area contributed by atoms with Gasteiger partial charge in [0.25, 0.3) is 0 Å². The van der Waals surface area contributed by atoms with E-state index in [1.54, 1.807) is 6.08 Å². The first-order valence-electron chi connectivity index (χ1n) is 6.82. The van der Waals surface area contributed by atoms with E-state index in [1.165, 1.54) is 0 Å². The molecule has 0 fully saturated rings. The molecule has 1 aliphatic heterocycles. The molecule has 21 heavy (non-hydrogen) atoms. The van der Waals surface area contributed by atoms with Crippen LogP contribution >= 0.6 is 18.7 Å². The van der Waals surface area contributed by atoms with Crippen LogP contribution in [0.15, 0.2) is 77.8 Å². The molecule has 0 amide bonds. The average molecular weight is 316 g/mol. The molecular weight excluding hydrogens is 301 g/mol. The molecule has 2 aromatic rings. The van der Waals surface area contributed by atoms with Gasteiger partial charge < -0.3 is 4.57 Å². The highest BCUT2D eigenvalue weighted by Crippen LogP contribution is 2.51. The average Bonchev–Trinajstić information content (AvgIpc) is 2.56. The van der Waals surface area contributed by atoms with Crippen LogP contribution in [0, 0.1) is 0 Å². The van der Waals surface area contributed by atoms with E-state index < -0.39 is 7.14 Å². The predicted molar refractivity (Wildman–Crippen MR) is 90.6 cm³/mol. The van der Waals surface area contributed by atoms with Crippen LogP contribution in [0.2, 0.25) is 0 Å². The Kier molecular flexibility index (Phi) is 4.10. The monoisotopic (exact) mass is 315 g/mol. The number of halogens is 1. The Hall–Kier alpha value is -1.63. The van der Waals surface area contributed by atoms with E-state index in [0.29, 0.717) is 11.6 Å². The highest BCUT2D eigenvalue weighted by atomic mass is 35.5. The largest absolute Gasteiger partial charge is 0.311 e. The summed E-state index contributed by atoms with van der Waals surface area (Å²) in [5.41, 5.74) is 0. The van der Waals surface area contributed by atoms with Crippen molar-refractivity contribution in [2.75, 3.05) is 0 Å². The van der Waals surface area contributed by atoms with Crippen molar-refractivity contribution < 1.29 is 4.57 Å². The molecule has 0 saturated carbocycles. The maximum atomic E-state index is 13.9. The molecule has 3 rings (SSSR count). The number of nitrogens with zero attached hydrogens (tertiary/aromatic N) is 1. The molecule has 1 atom stereocenters. The molecule has 0 aromatic heterocycles. The first kappa shape index (κ1) is 14.3. The van der Waals surface area contributed by atoms with Crippen LogP contribution < -0.4 is 10.6 Å². The van der Waals surface area contributed by atoms with Crippen LogP contribution in [0.4, 0.5) is 0 Å². The number of aliphatic imine (C=N–C) groups is 1. The van der Waals surface area contributed by atoms with Crippen molar-refractivity contribution >= 4 is 34.5 Å². The van der Waals surface area contributed by atoms with Crippen LogP contribution in [-0.2, 0) is 4.57 Å². The lowest BCUT2D eigenvalue weighted by molar-refractivity contribution is 0.577. The third-order valence-corrected chi connectivity index (χ3v) is 7.09. The fourth-order valence-electron chi connectivity index (χ4n) is 2.55. The van der Waals surface area contributed by atoms with Gasteiger partial charge in [0, 0.05) is 10.6 Å². The van der Waals surface area contributed by atoms with E-state index >= 15 is 0 Å². The van der Waals surface area contributed by atoms with Gasteiger partial charge in [-0.05, 0) is 12.5 Å². The number of allylic oxidation sites excluding steroid dienone is 1. The molecule has 0 N–H and O–H groups in total. The van der Waals surface area contributed by atoms with Gasteiger partial charge in [-0.1, -0.05) is 78.3 Å². The van der Waals surface area contributed by atoms with E-state index in [2.05, 4.69) is 4.99 Å². The Bertz CT molecular complexity index is 681. The second-order valence-electron chi connectivity index (χ2n) is 4.90. The summed E-state index contributed by atoms with van der Waals surface area (Å²) in [6.45, 7) is 0. The third-order valence-electron chi connectivity index (χ3n) is 3.57. The second kappa shape index (κ2) is 6.01. The lowest BCUT2D eigenvalue weighted by Crippen LogP contribution is -2.26.